The van der Waals surface area contributed by atoms with Gasteiger partial charge < -0.3 is 0 Å². The van der Waals surface area contributed by atoms with Crippen LogP contribution in [0.2, 0.25) is 0 Å². The molecule has 0 bridgehead atoms. The number of hydrogen-bond acceptors (Lipinski definition) is 5. The van der Waals surface area contributed by atoms with E-state index in [1.807, 2.05) is 0 Å². The second-order valence-electron chi connectivity index (χ2n) is 6.82. The summed E-state index contributed by atoms with van der Waals surface area (Å²) in [6.45, 7) is 2.08. The Morgan fingerprint density at radius 1 is 1.13 bits per heavy atom. The number of non-ortho nitro benzene ring substituents is 1. The van der Waals surface area contributed by atoms with E-state index in [-0.39, 0.29) is 21.7 Å². The third kappa shape index (κ3) is 1.91. The third-order valence-corrected chi connectivity index (χ3v) is 5.62. The molecular formula is C17H20N4O2. The number of hydrogen-bond donors (Lipinski definition) is 0. The molecule has 1 saturated heterocycles. The van der Waals surface area contributed by atoms with Crippen LogP contribution in [0.25, 0.3) is 5.70 Å². The topological polar surface area (TPSA) is 62.0 Å². The lowest BCUT2D eigenvalue weighted by molar-refractivity contribution is -0.384. The number of benzene rings is 1. The Morgan fingerprint density at radius 2 is 1.74 bits per heavy atom. The zero-order chi connectivity index (χ0) is 16.2. The van der Waals surface area contributed by atoms with Gasteiger partial charge in [-0.25, -0.2) is 0 Å². The Kier molecular flexibility index (Phi) is 2.98. The highest BCUT2D eigenvalue weighted by Gasteiger charge is 2.64. The number of fused-ring (bicyclic) bond motifs is 1. The average Bonchev–Trinajstić information content (AvgIpc) is 3.28. The first-order valence-electron chi connectivity index (χ1n) is 7.94. The maximum absolute atomic E-state index is 10.8. The predicted molar refractivity (Wildman–Crippen MR) is 89.2 cm³/mol. The standard InChI is InChI=1S/C17H20N4O2/c1-19-9-10-20(2)17(19)11-15(18-12-16(17)7-8-16)13-3-5-14(6-4-13)21(22)23/h3-6,11-12H,7-10H2,1-2H3. The van der Waals surface area contributed by atoms with Gasteiger partial charge in [-0.1, -0.05) is 0 Å². The predicted octanol–water partition coefficient (Wildman–Crippen LogP) is 2.37. The highest BCUT2D eigenvalue weighted by molar-refractivity contribution is 5.85. The summed E-state index contributed by atoms with van der Waals surface area (Å²) in [5.74, 6) is 0. The molecule has 23 heavy (non-hydrogen) atoms. The van der Waals surface area contributed by atoms with Crippen molar-refractivity contribution in [2.45, 2.75) is 18.5 Å². The van der Waals surface area contributed by atoms with Gasteiger partial charge in [-0.3, -0.25) is 24.9 Å². The first-order valence-corrected chi connectivity index (χ1v) is 7.94. The number of nitro groups is 1. The van der Waals surface area contributed by atoms with Gasteiger partial charge in [-0.15, -0.1) is 0 Å². The molecule has 0 aromatic heterocycles. The molecule has 2 fully saturated rings. The molecular weight excluding hydrogens is 292 g/mol. The van der Waals surface area contributed by atoms with E-state index < -0.39 is 0 Å². The van der Waals surface area contributed by atoms with Crippen LogP contribution in [0.1, 0.15) is 18.4 Å². The zero-order valence-electron chi connectivity index (χ0n) is 13.4. The minimum Gasteiger partial charge on any atom is -0.283 e. The molecule has 3 aliphatic rings. The Labute approximate surface area is 135 Å². The molecule has 6 heteroatoms. The summed E-state index contributed by atoms with van der Waals surface area (Å²) in [6, 6.07) is 6.66. The van der Waals surface area contributed by atoms with Gasteiger partial charge in [-0.2, -0.15) is 0 Å². The molecule has 0 radical (unpaired) electrons. The van der Waals surface area contributed by atoms with Crippen molar-refractivity contribution >= 4 is 17.6 Å². The molecule has 4 rings (SSSR count). The molecule has 1 aromatic rings. The van der Waals surface area contributed by atoms with Crippen LogP contribution in [-0.2, 0) is 0 Å². The van der Waals surface area contributed by atoms with E-state index in [9.17, 15) is 10.1 Å². The van der Waals surface area contributed by atoms with Crippen molar-refractivity contribution in [1.29, 1.82) is 0 Å². The van der Waals surface area contributed by atoms with Crippen LogP contribution in [0.15, 0.2) is 35.3 Å². The smallest absolute Gasteiger partial charge is 0.269 e. The molecule has 0 atom stereocenters. The molecule has 1 saturated carbocycles. The second kappa shape index (κ2) is 4.72. The second-order valence-corrected chi connectivity index (χ2v) is 6.82. The van der Waals surface area contributed by atoms with Crippen molar-refractivity contribution in [3.05, 3.63) is 46.0 Å². The Balaban J connectivity index is 1.76. The fourth-order valence-electron chi connectivity index (χ4n) is 4.12. The van der Waals surface area contributed by atoms with Gasteiger partial charge in [-0.05, 0) is 45.1 Å². The van der Waals surface area contributed by atoms with Gasteiger partial charge in [0.25, 0.3) is 5.69 Å². The minimum atomic E-state index is -0.374. The first kappa shape index (κ1) is 14.5. The van der Waals surface area contributed by atoms with Crippen LogP contribution in [0.3, 0.4) is 0 Å². The van der Waals surface area contributed by atoms with E-state index in [1.165, 1.54) is 0 Å². The van der Waals surface area contributed by atoms with Gasteiger partial charge in [0, 0.05) is 42.4 Å². The molecule has 0 amide bonds. The third-order valence-electron chi connectivity index (χ3n) is 5.62. The van der Waals surface area contributed by atoms with E-state index in [0.717, 1.165) is 37.2 Å². The quantitative estimate of drug-likeness (QED) is 0.621. The lowest BCUT2D eigenvalue weighted by Crippen LogP contribution is -2.57. The molecule has 2 heterocycles. The normalized spacial score (nSPS) is 25.0. The molecule has 2 aliphatic heterocycles. The largest absolute Gasteiger partial charge is 0.283 e. The van der Waals surface area contributed by atoms with Gasteiger partial charge in [0.15, 0.2) is 0 Å². The molecule has 1 aliphatic carbocycles. The molecule has 1 aromatic carbocycles. The summed E-state index contributed by atoms with van der Waals surface area (Å²) in [6.07, 6.45) is 6.70. The van der Waals surface area contributed by atoms with Crippen molar-refractivity contribution in [2.75, 3.05) is 27.2 Å². The fourth-order valence-corrected chi connectivity index (χ4v) is 4.12. The molecule has 120 valence electrons. The maximum Gasteiger partial charge on any atom is 0.269 e. The first-order chi connectivity index (χ1) is 11.0. The fraction of sp³-hybridized carbons (Fsp3) is 0.471. The molecule has 0 N–H and O–H groups in total. The number of likely N-dealkylation sites (N-methyl/N-ethyl adjacent to an activating group) is 2. The molecule has 0 unspecified atom stereocenters. The Hall–Kier alpha value is -2.05. The summed E-state index contributed by atoms with van der Waals surface area (Å²) >= 11 is 0. The Bertz CT molecular complexity index is 709. The summed E-state index contributed by atoms with van der Waals surface area (Å²) in [4.78, 5) is 20.0. The van der Waals surface area contributed by atoms with Crippen LogP contribution in [0.4, 0.5) is 5.69 Å². The van der Waals surface area contributed by atoms with Gasteiger partial charge >= 0.3 is 0 Å². The summed E-state index contributed by atoms with van der Waals surface area (Å²) in [5, 5.41) is 10.8. The Morgan fingerprint density at radius 3 is 2.26 bits per heavy atom. The van der Waals surface area contributed by atoms with Gasteiger partial charge in [0.2, 0.25) is 0 Å². The van der Waals surface area contributed by atoms with E-state index >= 15 is 0 Å². The van der Waals surface area contributed by atoms with Crippen LogP contribution < -0.4 is 0 Å². The SMILES string of the molecule is CN1CCN(C)C12C=C(c1ccc([N+](=O)[O-])cc1)N=CC21CC1. The highest BCUT2D eigenvalue weighted by Crippen LogP contribution is 2.60. The minimum absolute atomic E-state index is 0.109. The summed E-state index contributed by atoms with van der Waals surface area (Å²) < 4.78 is 0. The van der Waals surface area contributed by atoms with E-state index in [0.29, 0.717) is 0 Å². The van der Waals surface area contributed by atoms with Crippen LogP contribution in [-0.4, -0.2) is 53.8 Å². The van der Waals surface area contributed by atoms with Crippen molar-refractivity contribution in [1.82, 2.24) is 9.80 Å². The van der Waals surface area contributed by atoms with Crippen LogP contribution in [0, 0.1) is 15.5 Å². The van der Waals surface area contributed by atoms with Crippen molar-refractivity contribution < 1.29 is 4.92 Å². The summed E-state index contributed by atoms with van der Waals surface area (Å²) in [7, 11) is 4.35. The maximum atomic E-state index is 10.8. The summed E-state index contributed by atoms with van der Waals surface area (Å²) in [5.41, 5.74) is 1.94. The van der Waals surface area contributed by atoms with Crippen LogP contribution in [0.5, 0.6) is 0 Å². The van der Waals surface area contributed by atoms with Crippen molar-refractivity contribution in [3.63, 3.8) is 0 Å². The van der Waals surface area contributed by atoms with Gasteiger partial charge in [0.05, 0.1) is 10.6 Å². The monoisotopic (exact) mass is 312 g/mol. The van der Waals surface area contributed by atoms with Crippen molar-refractivity contribution in [2.24, 2.45) is 10.4 Å². The number of rotatable bonds is 2. The number of aliphatic imine (C=N–C) groups is 1. The number of nitrogens with zero attached hydrogens (tertiary/aromatic N) is 4. The number of nitro benzene ring substituents is 1. The van der Waals surface area contributed by atoms with Crippen LogP contribution >= 0.6 is 0 Å². The van der Waals surface area contributed by atoms with E-state index in [4.69, 9.17) is 4.99 Å². The lowest BCUT2D eigenvalue weighted by atomic mass is 9.84. The van der Waals surface area contributed by atoms with Crippen molar-refractivity contribution in [3.8, 4) is 0 Å². The van der Waals surface area contributed by atoms with E-state index in [1.54, 1.807) is 24.3 Å². The lowest BCUT2D eigenvalue weighted by Gasteiger charge is -2.46. The van der Waals surface area contributed by atoms with Gasteiger partial charge in [0.1, 0.15) is 5.66 Å². The highest BCUT2D eigenvalue weighted by atomic mass is 16.6. The zero-order valence-corrected chi connectivity index (χ0v) is 13.4. The molecule has 2 spiro atoms. The average molecular weight is 312 g/mol. The van der Waals surface area contributed by atoms with E-state index in [2.05, 4.69) is 36.2 Å². The molecule has 6 nitrogen and oxygen atoms in total.